The fourth-order valence-electron chi connectivity index (χ4n) is 2.31. The summed E-state index contributed by atoms with van der Waals surface area (Å²) in [5.74, 6) is 1.85. The summed E-state index contributed by atoms with van der Waals surface area (Å²) in [4.78, 5) is 4.76. The van der Waals surface area contributed by atoms with E-state index in [-0.39, 0.29) is 0 Å². The van der Waals surface area contributed by atoms with Crippen molar-refractivity contribution in [3.05, 3.63) is 30.1 Å². The predicted octanol–water partition coefficient (Wildman–Crippen LogP) is 2.97. The molecule has 98 valence electrons. The van der Waals surface area contributed by atoms with Crippen molar-refractivity contribution in [3.8, 4) is 0 Å². The summed E-state index contributed by atoms with van der Waals surface area (Å²) in [7, 11) is 0. The molecule has 0 amide bonds. The second-order valence-electron chi connectivity index (χ2n) is 5.26. The van der Waals surface area contributed by atoms with Crippen LogP contribution in [0.1, 0.15) is 32.5 Å². The lowest BCUT2D eigenvalue weighted by atomic mass is 10.1. The number of fused-ring (bicyclic) bond motifs is 1. The molecule has 0 aliphatic heterocycles. The van der Waals surface area contributed by atoms with Crippen LogP contribution in [0.5, 0.6) is 0 Å². The summed E-state index contributed by atoms with van der Waals surface area (Å²) < 4.78 is 2.37. The van der Waals surface area contributed by atoms with Gasteiger partial charge >= 0.3 is 0 Å². The maximum atomic E-state index is 5.57. The van der Waals surface area contributed by atoms with Gasteiger partial charge in [0.2, 0.25) is 0 Å². The third-order valence-corrected chi connectivity index (χ3v) is 3.16. The van der Waals surface area contributed by atoms with E-state index in [2.05, 4.69) is 42.7 Å². The minimum Gasteiger partial charge on any atom is -0.330 e. The van der Waals surface area contributed by atoms with Gasteiger partial charge in [-0.2, -0.15) is 0 Å². The van der Waals surface area contributed by atoms with Crippen molar-refractivity contribution in [1.82, 2.24) is 9.55 Å². The van der Waals surface area contributed by atoms with Crippen LogP contribution in [0, 0.1) is 5.92 Å². The molecule has 2 rings (SSSR count). The number of unbranched alkanes of at least 4 members (excludes halogenated alkanes) is 1. The molecule has 2 N–H and O–H groups in total. The first kappa shape index (κ1) is 13.1. The molecule has 0 radical (unpaired) electrons. The van der Waals surface area contributed by atoms with Crippen molar-refractivity contribution in [2.75, 3.05) is 6.54 Å². The molecule has 1 aromatic carbocycles. The highest BCUT2D eigenvalue weighted by atomic mass is 15.1. The zero-order chi connectivity index (χ0) is 13.0. The van der Waals surface area contributed by atoms with Gasteiger partial charge in [0.25, 0.3) is 0 Å². The highest BCUT2D eigenvalue weighted by Gasteiger charge is 2.11. The molecule has 18 heavy (non-hydrogen) atoms. The molecule has 0 atom stereocenters. The van der Waals surface area contributed by atoms with Gasteiger partial charge in [-0.05, 0) is 37.4 Å². The van der Waals surface area contributed by atoms with E-state index in [1.807, 2.05) is 0 Å². The SMILES string of the molecule is CC(C)Cc1nc2ccccc2n1CCCCN. The molecule has 0 aliphatic rings. The summed E-state index contributed by atoms with van der Waals surface area (Å²) in [6.07, 6.45) is 3.24. The summed E-state index contributed by atoms with van der Waals surface area (Å²) in [5, 5.41) is 0. The van der Waals surface area contributed by atoms with E-state index >= 15 is 0 Å². The zero-order valence-electron chi connectivity index (χ0n) is 11.4. The Bertz CT molecular complexity index is 499. The van der Waals surface area contributed by atoms with E-state index in [0.717, 1.165) is 37.9 Å². The van der Waals surface area contributed by atoms with Crippen LogP contribution in [0.3, 0.4) is 0 Å². The van der Waals surface area contributed by atoms with Gasteiger partial charge in [-0.1, -0.05) is 26.0 Å². The number of para-hydroxylation sites is 2. The summed E-state index contributed by atoms with van der Waals surface area (Å²) in [6, 6.07) is 8.40. The summed E-state index contributed by atoms with van der Waals surface area (Å²) in [5.41, 5.74) is 7.94. The van der Waals surface area contributed by atoms with Crippen LogP contribution in [0.4, 0.5) is 0 Å². The zero-order valence-corrected chi connectivity index (χ0v) is 11.4. The average molecular weight is 245 g/mol. The van der Waals surface area contributed by atoms with Crippen LogP contribution in [0.2, 0.25) is 0 Å². The molecule has 0 saturated carbocycles. The number of rotatable bonds is 6. The van der Waals surface area contributed by atoms with Crippen molar-refractivity contribution in [1.29, 1.82) is 0 Å². The Balaban J connectivity index is 2.31. The van der Waals surface area contributed by atoms with Crippen LogP contribution in [0.25, 0.3) is 11.0 Å². The number of aryl methyl sites for hydroxylation is 1. The number of hydrogen-bond acceptors (Lipinski definition) is 2. The first-order valence-electron chi connectivity index (χ1n) is 6.86. The van der Waals surface area contributed by atoms with Gasteiger partial charge in [0.15, 0.2) is 0 Å². The molecule has 0 fully saturated rings. The molecule has 2 aromatic rings. The van der Waals surface area contributed by atoms with Crippen LogP contribution in [-0.2, 0) is 13.0 Å². The Morgan fingerprint density at radius 3 is 2.72 bits per heavy atom. The van der Waals surface area contributed by atoms with Crippen molar-refractivity contribution >= 4 is 11.0 Å². The van der Waals surface area contributed by atoms with Gasteiger partial charge in [0.05, 0.1) is 11.0 Å². The average Bonchev–Trinajstić information content (AvgIpc) is 2.67. The van der Waals surface area contributed by atoms with E-state index < -0.39 is 0 Å². The van der Waals surface area contributed by atoms with Crippen molar-refractivity contribution in [2.45, 2.75) is 39.7 Å². The lowest BCUT2D eigenvalue weighted by molar-refractivity contribution is 0.556. The van der Waals surface area contributed by atoms with Gasteiger partial charge in [-0.15, -0.1) is 0 Å². The largest absolute Gasteiger partial charge is 0.330 e. The Hall–Kier alpha value is -1.35. The van der Waals surface area contributed by atoms with E-state index in [1.54, 1.807) is 0 Å². The Morgan fingerprint density at radius 2 is 2.00 bits per heavy atom. The van der Waals surface area contributed by atoms with Crippen LogP contribution < -0.4 is 5.73 Å². The van der Waals surface area contributed by atoms with Crippen molar-refractivity contribution in [3.63, 3.8) is 0 Å². The molecule has 0 saturated heterocycles. The fraction of sp³-hybridized carbons (Fsp3) is 0.533. The predicted molar refractivity (Wildman–Crippen MR) is 76.6 cm³/mol. The quantitative estimate of drug-likeness (QED) is 0.795. The molecule has 0 aliphatic carbocycles. The molecule has 3 heteroatoms. The Morgan fingerprint density at radius 1 is 1.22 bits per heavy atom. The minimum absolute atomic E-state index is 0.634. The number of hydrogen-bond donors (Lipinski definition) is 1. The van der Waals surface area contributed by atoms with Crippen molar-refractivity contribution < 1.29 is 0 Å². The lowest BCUT2D eigenvalue weighted by Gasteiger charge is -2.10. The van der Waals surface area contributed by atoms with E-state index in [1.165, 1.54) is 11.3 Å². The van der Waals surface area contributed by atoms with Gasteiger partial charge in [-0.25, -0.2) is 4.98 Å². The minimum atomic E-state index is 0.634. The Labute approximate surface area is 109 Å². The first-order valence-corrected chi connectivity index (χ1v) is 6.86. The third kappa shape index (κ3) is 2.91. The number of nitrogens with two attached hydrogens (primary N) is 1. The molecule has 1 aromatic heterocycles. The highest BCUT2D eigenvalue weighted by molar-refractivity contribution is 5.75. The number of nitrogens with zero attached hydrogens (tertiary/aromatic N) is 2. The smallest absolute Gasteiger partial charge is 0.110 e. The maximum absolute atomic E-state index is 5.57. The van der Waals surface area contributed by atoms with E-state index in [0.29, 0.717) is 5.92 Å². The van der Waals surface area contributed by atoms with Crippen LogP contribution in [-0.4, -0.2) is 16.1 Å². The standard InChI is InChI=1S/C15H23N3/c1-12(2)11-15-17-13-7-3-4-8-14(13)18(15)10-6-5-9-16/h3-4,7-8,12H,5-6,9-11,16H2,1-2H3. The number of imidazole rings is 1. The lowest BCUT2D eigenvalue weighted by Crippen LogP contribution is -2.08. The third-order valence-electron chi connectivity index (χ3n) is 3.16. The van der Waals surface area contributed by atoms with Gasteiger partial charge in [-0.3, -0.25) is 0 Å². The van der Waals surface area contributed by atoms with E-state index in [9.17, 15) is 0 Å². The van der Waals surface area contributed by atoms with Crippen LogP contribution >= 0.6 is 0 Å². The maximum Gasteiger partial charge on any atom is 0.110 e. The summed E-state index contributed by atoms with van der Waals surface area (Å²) >= 11 is 0. The molecule has 3 nitrogen and oxygen atoms in total. The fourth-order valence-corrected chi connectivity index (χ4v) is 2.31. The van der Waals surface area contributed by atoms with Gasteiger partial charge in [0.1, 0.15) is 5.82 Å². The first-order chi connectivity index (χ1) is 8.72. The second kappa shape index (κ2) is 6.01. The number of benzene rings is 1. The molecule has 1 heterocycles. The molecule has 0 spiro atoms. The topological polar surface area (TPSA) is 43.8 Å². The summed E-state index contributed by atoms with van der Waals surface area (Å²) in [6.45, 7) is 6.28. The Kier molecular flexibility index (Phi) is 4.37. The normalized spacial score (nSPS) is 11.6. The van der Waals surface area contributed by atoms with Crippen LogP contribution in [0.15, 0.2) is 24.3 Å². The highest BCUT2D eigenvalue weighted by Crippen LogP contribution is 2.19. The van der Waals surface area contributed by atoms with Crippen molar-refractivity contribution in [2.24, 2.45) is 11.7 Å². The second-order valence-corrected chi connectivity index (χ2v) is 5.26. The number of aromatic nitrogens is 2. The molecule has 0 unspecified atom stereocenters. The molecular weight excluding hydrogens is 222 g/mol. The molecular formula is C15H23N3. The van der Waals surface area contributed by atoms with Gasteiger partial charge in [0, 0.05) is 13.0 Å². The molecule has 0 bridgehead atoms. The van der Waals surface area contributed by atoms with E-state index in [4.69, 9.17) is 10.7 Å². The van der Waals surface area contributed by atoms with Gasteiger partial charge < -0.3 is 10.3 Å². The monoisotopic (exact) mass is 245 g/mol.